The van der Waals surface area contributed by atoms with Crippen molar-refractivity contribution < 1.29 is 17.9 Å². The van der Waals surface area contributed by atoms with Crippen LogP contribution in [0.4, 0.5) is 4.39 Å². The molecule has 1 N–H and O–H groups in total. The molecule has 0 aromatic heterocycles. The average Bonchev–Trinajstić information content (AvgIpc) is 2.60. The van der Waals surface area contributed by atoms with Crippen LogP contribution in [0.25, 0.3) is 0 Å². The molecule has 0 radical (unpaired) electrons. The monoisotopic (exact) mass is 348 g/mol. The van der Waals surface area contributed by atoms with Gasteiger partial charge in [-0.05, 0) is 30.2 Å². The van der Waals surface area contributed by atoms with Crippen LogP contribution < -0.4 is 0 Å². The molecule has 0 unspecified atom stereocenters. The third kappa shape index (κ3) is 3.62. The maximum Gasteiger partial charge on any atom is 0.243 e. The van der Waals surface area contributed by atoms with Gasteiger partial charge in [0.05, 0.1) is 16.5 Å². The van der Waals surface area contributed by atoms with Crippen molar-refractivity contribution in [2.45, 2.75) is 17.4 Å². The van der Waals surface area contributed by atoms with Gasteiger partial charge in [0.1, 0.15) is 11.9 Å². The number of nitriles is 1. The van der Waals surface area contributed by atoms with Gasteiger partial charge >= 0.3 is 0 Å². The van der Waals surface area contributed by atoms with Crippen LogP contribution in [0.3, 0.4) is 0 Å². The number of halogens is 1. The van der Waals surface area contributed by atoms with Crippen LogP contribution in [-0.4, -0.2) is 31.5 Å². The molecule has 0 aliphatic carbocycles. The van der Waals surface area contributed by atoms with Crippen LogP contribution in [0.1, 0.15) is 23.6 Å². The first kappa shape index (κ1) is 18.1. The molecule has 0 heterocycles. The van der Waals surface area contributed by atoms with E-state index in [1.54, 1.807) is 30.3 Å². The first-order valence-electron chi connectivity index (χ1n) is 7.25. The second-order valence-electron chi connectivity index (χ2n) is 5.21. The zero-order valence-corrected chi connectivity index (χ0v) is 13.9. The number of benzene rings is 2. The summed E-state index contributed by atoms with van der Waals surface area (Å²) in [6.45, 7) is -0.188. The highest BCUT2D eigenvalue weighted by atomic mass is 32.2. The molecular formula is C17H17FN2O3S. The van der Waals surface area contributed by atoms with Crippen LogP contribution in [0.15, 0.2) is 53.4 Å². The molecule has 0 saturated carbocycles. The first-order chi connectivity index (χ1) is 11.4. The van der Waals surface area contributed by atoms with E-state index in [2.05, 4.69) is 0 Å². The van der Waals surface area contributed by atoms with Crippen molar-refractivity contribution in [1.29, 1.82) is 5.26 Å². The Labute approximate surface area is 140 Å². The summed E-state index contributed by atoms with van der Waals surface area (Å²) in [5.41, 5.74) is 0.406. The number of hydrogen-bond acceptors (Lipinski definition) is 4. The third-order valence-corrected chi connectivity index (χ3v) is 5.62. The molecule has 5 nitrogen and oxygen atoms in total. The smallest absolute Gasteiger partial charge is 0.243 e. The van der Waals surface area contributed by atoms with E-state index in [1.807, 2.05) is 6.07 Å². The molecule has 0 spiro atoms. The second-order valence-corrected chi connectivity index (χ2v) is 7.21. The van der Waals surface area contributed by atoms with Crippen LogP contribution in [-0.2, 0) is 10.0 Å². The number of nitrogens with zero attached hydrogens (tertiary/aromatic N) is 2. The van der Waals surface area contributed by atoms with E-state index in [1.165, 1.54) is 7.05 Å². The quantitative estimate of drug-likeness (QED) is 0.869. The Morgan fingerprint density at radius 2 is 1.92 bits per heavy atom. The van der Waals surface area contributed by atoms with Gasteiger partial charge in [-0.1, -0.05) is 30.3 Å². The predicted molar refractivity (Wildman–Crippen MR) is 86.9 cm³/mol. The average molecular weight is 348 g/mol. The summed E-state index contributed by atoms with van der Waals surface area (Å²) >= 11 is 0. The Bertz CT molecular complexity index is 848. The lowest BCUT2D eigenvalue weighted by molar-refractivity contribution is 0.240. The van der Waals surface area contributed by atoms with Crippen molar-refractivity contribution in [3.8, 4) is 6.07 Å². The van der Waals surface area contributed by atoms with Gasteiger partial charge in [-0.3, -0.25) is 0 Å². The predicted octanol–water partition coefficient (Wildman–Crippen LogP) is 2.44. The number of aliphatic hydroxyl groups excluding tert-OH is 1. The van der Waals surface area contributed by atoms with Crippen LogP contribution in [0, 0.1) is 17.1 Å². The van der Waals surface area contributed by atoms with Crippen molar-refractivity contribution in [2.75, 3.05) is 13.7 Å². The summed E-state index contributed by atoms with van der Waals surface area (Å²) in [5.74, 6) is -0.769. The largest absolute Gasteiger partial charge is 0.396 e. The number of rotatable bonds is 6. The summed E-state index contributed by atoms with van der Waals surface area (Å²) in [7, 11) is -2.55. The lowest BCUT2D eigenvalue weighted by Crippen LogP contribution is -2.32. The van der Waals surface area contributed by atoms with E-state index in [4.69, 9.17) is 5.26 Å². The lowest BCUT2D eigenvalue weighted by atomic mass is 10.0. The number of aliphatic hydroxyl groups is 1. The number of sulfonamides is 1. The Kier molecular flexibility index (Phi) is 5.67. The van der Waals surface area contributed by atoms with Gasteiger partial charge in [-0.2, -0.15) is 9.57 Å². The first-order valence-corrected chi connectivity index (χ1v) is 8.69. The van der Waals surface area contributed by atoms with E-state index in [9.17, 15) is 17.9 Å². The normalized spacial score (nSPS) is 12.8. The van der Waals surface area contributed by atoms with E-state index < -0.39 is 21.9 Å². The van der Waals surface area contributed by atoms with Crippen molar-refractivity contribution in [2.24, 2.45) is 0 Å². The standard InChI is InChI=1S/C17H17FN2O3S/c1-20(17(9-10-21)13-5-3-2-4-6-13)24(22,23)15-7-8-16(18)14(11-15)12-19/h2-8,11,17,21H,9-10H2,1H3/t17-/m1/s1. The fourth-order valence-corrected chi connectivity index (χ4v) is 3.84. The molecule has 2 rings (SSSR count). The molecule has 0 amide bonds. The molecule has 0 aliphatic rings. The minimum Gasteiger partial charge on any atom is -0.396 e. The van der Waals surface area contributed by atoms with E-state index >= 15 is 0 Å². The Morgan fingerprint density at radius 1 is 1.25 bits per heavy atom. The van der Waals surface area contributed by atoms with Crippen LogP contribution in [0.2, 0.25) is 0 Å². The summed E-state index contributed by atoms with van der Waals surface area (Å²) in [4.78, 5) is -0.165. The van der Waals surface area contributed by atoms with E-state index in [-0.39, 0.29) is 23.5 Å². The molecule has 0 bridgehead atoms. The zero-order valence-electron chi connectivity index (χ0n) is 13.1. The van der Waals surface area contributed by atoms with Crippen LogP contribution in [0.5, 0.6) is 0 Å². The van der Waals surface area contributed by atoms with E-state index in [0.29, 0.717) is 0 Å². The fourth-order valence-electron chi connectivity index (χ4n) is 2.44. The molecule has 1 atom stereocenters. The molecule has 7 heteroatoms. The van der Waals surface area contributed by atoms with Crippen molar-refractivity contribution >= 4 is 10.0 Å². The highest BCUT2D eigenvalue weighted by Gasteiger charge is 2.29. The van der Waals surface area contributed by atoms with Gasteiger partial charge in [-0.15, -0.1) is 0 Å². The molecule has 24 heavy (non-hydrogen) atoms. The summed E-state index contributed by atoms with van der Waals surface area (Å²) in [6.07, 6.45) is 0.214. The molecule has 126 valence electrons. The molecular weight excluding hydrogens is 331 g/mol. The minimum absolute atomic E-state index is 0.165. The Morgan fingerprint density at radius 3 is 2.50 bits per heavy atom. The van der Waals surface area contributed by atoms with Crippen molar-refractivity contribution in [3.63, 3.8) is 0 Å². The van der Waals surface area contributed by atoms with Gasteiger partial charge < -0.3 is 5.11 Å². The minimum atomic E-state index is -3.95. The zero-order chi connectivity index (χ0) is 17.7. The molecule has 2 aromatic carbocycles. The molecule has 0 fully saturated rings. The number of hydrogen-bond donors (Lipinski definition) is 1. The summed E-state index contributed by atoms with van der Waals surface area (Å²) < 4.78 is 40.2. The van der Waals surface area contributed by atoms with Crippen molar-refractivity contribution in [3.05, 3.63) is 65.5 Å². The fraction of sp³-hybridized carbons (Fsp3) is 0.235. The van der Waals surface area contributed by atoms with Gasteiger partial charge in [0.15, 0.2) is 0 Å². The van der Waals surface area contributed by atoms with Crippen molar-refractivity contribution in [1.82, 2.24) is 4.31 Å². The highest BCUT2D eigenvalue weighted by Crippen LogP contribution is 2.29. The SMILES string of the molecule is CN([C@H](CCO)c1ccccc1)S(=O)(=O)c1ccc(F)c(C#N)c1. The Hall–Kier alpha value is -2.27. The van der Waals surface area contributed by atoms with Gasteiger partial charge in [0.25, 0.3) is 0 Å². The topological polar surface area (TPSA) is 81.4 Å². The van der Waals surface area contributed by atoms with Gasteiger partial charge in [-0.25, -0.2) is 12.8 Å². The second kappa shape index (κ2) is 7.53. The summed E-state index contributed by atoms with van der Waals surface area (Å²) in [6, 6.07) is 13.1. The van der Waals surface area contributed by atoms with E-state index in [0.717, 1.165) is 28.1 Å². The van der Waals surface area contributed by atoms with Crippen LogP contribution >= 0.6 is 0 Å². The molecule has 2 aromatic rings. The third-order valence-electron chi connectivity index (χ3n) is 3.76. The highest BCUT2D eigenvalue weighted by molar-refractivity contribution is 7.89. The maximum absolute atomic E-state index is 13.4. The van der Waals surface area contributed by atoms with Gasteiger partial charge in [0.2, 0.25) is 10.0 Å². The lowest BCUT2D eigenvalue weighted by Gasteiger charge is -2.27. The maximum atomic E-state index is 13.4. The molecule has 0 saturated heterocycles. The summed E-state index contributed by atoms with van der Waals surface area (Å²) in [5, 5.41) is 18.2. The molecule has 0 aliphatic heterocycles. The van der Waals surface area contributed by atoms with Gasteiger partial charge in [0, 0.05) is 13.7 Å². The Balaban J connectivity index is 2.45.